The van der Waals surface area contributed by atoms with Gasteiger partial charge in [-0.15, -0.1) is 0 Å². The Balaban J connectivity index is 2.46. The molecule has 0 unspecified atom stereocenters. The lowest BCUT2D eigenvalue weighted by molar-refractivity contribution is -0.118. The fourth-order valence-electron chi connectivity index (χ4n) is 2.17. The van der Waals surface area contributed by atoms with E-state index in [1.807, 2.05) is 6.92 Å². The van der Waals surface area contributed by atoms with E-state index in [9.17, 15) is 9.18 Å². The minimum atomic E-state index is -2.00. The second-order valence-electron chi connectivity index (χ2n) is 4.33. The number of carbonyl (C=O) groups excluding carboxylic acids is 1. The summed E-state index contributed by atoms with van der Waals surface area (Å²) in [4.78, 5) is 13.5. The molecule has 2 nitrogen and oxygen atoms in total. The predicted octanol–water partition coefficient (Wildman–Crippen LogP) is 3.86. The number of fused-ring (bicyclic) bond motifs is 1. The maximum absolute atomic E-state index is 13.2. The van der Waals surface area contributed by atoms with Gasteiger partial charge in [0.15, 0.2) is 0 Å². The van der Waals surface area contributed by atoms with Gasteiger partial charge in [-0.3, -0.25) is 4.79 Å². The van der Waals surface area contributed by atoms with Crippen molar-refractivity contribution in [2.24, 2.45) is 0 Å². The number of halogens is 4. The second kappa shape index (κ2) is 4.87. The van der Waals surface area contributed by atoms with Gasteiger partial charge >= 0.3 is 0 Å². The number of carbonyl (C=O) groups is 1. The fraction of sp³-hybridized carbons (Fsp3) is 0.417. The van der Waals surface area contributed by atoms with Gasteiger partial charge in [-0.2, -0.15) is 0 Å². The Bertz CT molecular complexity index is 487. The average molecular weight is 311 g/mol. The Morgan fingerprint density at radius 1 is 1.44 bits per heavy atom. The van der Waals surface area contributed by atoms with E-state index in [0.29, 0.717) is 18.5 Å². The van der Waals surface area contributed by atoms with Crippen LogP contribution in [0.25, 0.3) is 0 Å². The smallest absolute Gasteiger partial charge is 0.279 e. The molecular weight excluding hydrogens is 299 g/mol. The zero-order valence-corrected chi connectivity index (χ0v) is 11.9. The molecule has 1 aliphatic heterocycles. The van der Waals surface area contributed by atoms with E-state index in [1.165, 1.54) is 17.0 Å². The lowest BCUT2D eigenvalue weighted by atomic mass is 9.96. The Morgan fingerprint density at radius 3 is 2.72 bits per heavy atom. The third-order valence-corrected chi connectivity index (χ3v) is 3.52. The van der Waals surface area contributed by atoms with Crippen LogP contribution in [0.2, 0.25) is 0 Å². The Labute approximate surface area is 120 Å². The fourth-order valence-corrected chi connectivity index (χ4v) is 2.44. The van der Waals surface area contributed by atoms with Gasteiger partial charge in [0.05, 0.1) is 0 Å². The molecule has 0 saturated carbocycles. The zero-order valence-electron chi connectivity index (χ0n) is 9.59. The number of anilines is 1. The highest BCUT2D eigenvalue weighted by Gasteiger charge is 2.40. The van der Waals surface area contributed by atoms with E-state index in [2.05, 4.69) is 0 Å². The van der Waals surface area contributed by atoms with Gasteiger partial charge in [0, 0.05) is 11.7 Å². The van der Waals surface area contributed by atoms with Crippen molar-refractivity contribution in [1.29, 1.82) is 0 Å². The highest BCUT2D eigenvalue weighted by Crippen LogP contribution is 2.37. The zero-order chi connectivity index (χ0) is 13.5. The monoisotopic (exact) mass is 309 g/mol. The maximum Gasteiger partial charge on any atom is 0.279 e. The van der Waals surface area contributed by atoms with Crippen LogP contribution in [0.5, 0.6) is 0 Å². The van der Waals surface area contributed by atoms with E-state index in [0.717, 1.165) is 5.56 Å². The van der Waals surface area contributed by atoms with Crippen molar-refractivity contribution in [2.45, 2.75) is 29.6 Å². The van der Waals surface area contributed by atoms with E-state index >= 15 is 0 Å². The van der Waals surface area contributed by atoms with Crippen LogP contribution in [0.15, 0.2) is 18.2 Å². The van der Waals surface area contributed by atoms with Crippen molar-refractivity contribution in [1.82, 2.24) is 0 Å². The molecule has 2 rings (SSSR count). The molecular formula is C12H11Cl3FNO. The molecule has 1 amide bonds. The van der Waals surface area contributed by atoms with Crippen molar-refractivity contribution >= 4 is 46.4 Å². The van der Waals surface area contributed by atoms with Crippen LogP contribution in [0, 0.1) is 5.82 Å². The number of hydrogen-bond donors (Lipinski definition) is 0. The topological polar surface area (TPSA) is 20.3 Å². The summed E-state index contributed by atoms with van der Waals surface area (Å²) < 4.78 is 11.2. The first-order valence-electron chi connectivity index (χ1n) is 5.49. The van der Waals surface area contributed by atoms with E-state index in [4.69, 9.17) is 34.8 Å². The van der Waals surface area contributed by atoms with Gasteiger partial charge in [-0.1, -0.05) is 34.8 Å². The number of aryl methyl sites for hydroxylation is 1. The molecule has 0 fully saturated rings. The van der Waals surface area contributed by atoms with Gasteiger partial charge in [0.2, 0.25) is 0 Å². The summed E-state index contributed by atoms with van der Waals surface area (Å²) in [5.74, 6) is -0.933. The quantitative estimate of drug-likeness (QED) is 0.666. The summed E-state index contributed by atoms with van der Waals surface area (Å²) in [7, 11) is 0. The molecule has 0 saturated heterocycles. The van der Waals surface area contributed by atoms with Crippen LogP contribution in [0.4, 0.5) is 10.1 Å². The molecule has 1 aromatic rings. The molecule has 0 radical (unpaired) electrons. The molecule has 0 N–H and O–H groups in total. The average Bonchev–Trinajstić information content (AvgIpc) is 2.27. The van der Waals surface area contributed by atoms with Gasteiger partial charge in [0.25, 0.3) is 9.70 Å². The maximum atomic E-state index is 13.2. The third-order valence-electron chi connectivity index (χ3n) is 3.03. The molecule has 18 heavy (non-hydrogen) atoms. The summed E-state index contributed by atoms with van der Waals surface area (Å²) >= 11 is 16.9. The Kier molecular flexibility index (Phi) is 3.77. The van der Waals surface area contributed by atoms with Gasteiger partial charge in [-0.05, 0) is 43.5 Å². The van der Waals surface area contributed by atoms with Crippen molar-refractivity contribution in [3.8, 4) is 0 Å². The minimum Gasteiger partial charge on any atom is -0.306 e. The number of amides is 1. The number of hydrogen-bond acceptors (Lipinski definition) is 1. The van der Waals surface area contributed by atoms with Gasteiger partial charge in [-0.25, -0.2) is 4.39 Å². The number of benzene rings is 1. The molecule has 6 heteroatoms. The summed E-state index contributed by atoms with van der Waals surface area (Å²) in [5.41, 5.74) is 1.38. The third kappa shape index (κ3) is 2.58. The predicted molar refractivity (Wildman–Crippen MR) is 72.0 cm³/mol. The molecule has 0 bridgehead atoms. The summed E-state index contributed by atoms with van der Waals surface area (Å²) in [5, 5.41) is 0. The largest absolute Gasteiger partial charge is 0.306 e. The molecule has 1 aliphatic rings. The van der Waals surface area contributed by atoms with Crippen LogP contribution in [0.1, 0.15) is 18.9 Å². The standard InChI is InChI=1S/C12H11Cl3FNO/c1-7-2-3-8-6-9(16)4-5-10(8)17(7)11(18)12(13,14)15/h4-7H,2-3H2,1H3/t7-/m0/s1. The lowest BCUT2D eigenvalue weighted by Crippen LogP contribution is -2.47. The molecule has 1 aromatic carbocycles. The van der Waals surface area contributed by atoms with Crippen molar-refractivity contribution in [2.75, 3.05) is 4.90 Å². The van der Waals surface area contributed by atoms with Crippen molar-refractivity contribution in [3.05, 3.63) is 29.6 Å². The van der Waals surface area contributed by atoms with Crippen LogP contribution in [-0.4, -0.2) is 15.7 Å². The van der Waals surface area contributed by atoms with E-state index in [-0.39, 0.29) is 11.9 Å². The van der Waals surface area contributed by atoms with Crippen LogP contribution in [0.3, 0.4) is 0 Å². The first-order valence-corrected chi connectivity index (χ1v) is 6.63. The number of nitrogens with zero attached hydrogens (tertiary/aromatic N) is 1. The normalized spacial score (nSPS) is 19.6. The summed E-state index contributed by atoms with van der Waals surface area (Å²) in [6.45, 7) is 1.88. The Hall–Kier alpha value is -0.510. The minimum absolute atomic E-state index is 0.0777. The SMILES string of the molecule is C[C@H]1CCc2cc(F)ccc2N1C(=O)C(Cl)(Cl)Cl. The molecule has 0 spiro atoms. The molecule has 0 aliphatic carbocycles. The number of alkyl halides is 3. The highest BCUT2D eigenvalue weighted by atomic mass is 35.6. The molecule has 98 valence electrons. The van der Waals surface area contributed by atoms with Crippen LogP contribution >= 0.6 is 34.8 Å². The Morgan fingerprint density at radius 2 is 2.11 bits per heavy atom. The first-order chi connectivity index (χ1) is 8.30. The second-order valence-corrected chi connectivity index (χ2v) is 6.61. The summed E-state index contributed by atoms with van der Waals surface area (Å²) in [6.07, 6.45) is 1.42. The van der Waals surface area contributed by atoms with E-state index in [1.54, 1.807) is 6.07 Å². The highest BCUT2D eigenvalue weighted by molar-refractivity contribution is 6.77. The van der Waals surface area contributed by atoms with E-state index < -0.39 is 9.70 Å². The van der Waals surface area contributed by atoms with Crippen molar-refractivity contribution < 1.29 is 9.18 Å². The van der Waals surface area contributed by atoms with Crippen LogP contribution in [-0.2, 0) is 11.2 Å². The number of rotatable bonds is 0. The van der Waals surface area contributed by atoms with Crippen molar-refractivity contribution in [3.63, 3.8) is 0 Å². The summed E-state index contributed by atoms with van der Waals surface area (Å²) in [6, 6.07) is 4.19. The first kappa shape index (κ1) is 13.9. The van der Waals surface area contributed by atoms with Crippen LogP contribution < -0.4 is 4.90 Å². The molecule has 1 heterocycles. The van der Waals surface area contributed by atoms with Gasteiger partial charge < -0.3 is 4.90 Å². The molecule has 0 aromatic heterocycles. The van der Waals surface area contributed by atoms with Gasteiger partial charge in [0.1, 0.15) is 5.82 Å². The lowest BCUT2D eigenvalue weighted by Gasteiger charge is -2.36. The molecule has 1 atom stereocenters.